The number of benzene rings is 2. The minimum atomic E-state index is -3.87. The molecule has 2 aromatic rings. The molecule has 0 aliphatic carbocycles. The topological polar surface area (TPSA) is 75.7 Å². The predicted molar refractivity (Wildman–Crippen MR) is 113 cm³/mol. The summed E-state index contributed by atoms with van der Waals surface area (Å²) in [5, 5.41) is 3.02. The smallest absolute Gasteiger partial charge is 0.243 e. The van der Waals surface area contributed by atoms with Crippen LogP contribution in [0.25, 0.3) is 0 Å². The highest BCUT2D eigenvalue weighted by Crippen LogP contribution is 2.28. The van der Waals surface area contributed by atoms with Gasteiger partial charge in [-0.15, -0.1) is 0 Å². The Bertz CT molecular complexity index is 935. The zero-order chi connectivity index (χ0) is 20.9. The first kappa shape index (κ1) is 22.7. The molecule has 0 saturated carbocycles. The van der Waals surface area contributed by atoms with Crippen LogP contribution in [0.4, 0.5) is 0 Å². The van der Waals surface area contributed by atoms with Gasteiger partial charge in [-0.3, -0.25) is 4.79 Å². The Labute approximate surface area is 179 Å². The summed E-state index contributed by atoms with van der Waals surface area (Å²) in [4.78, 5) is 12.4. The van der Waals surface area contributed by atoms with Gasteiger partial charge >= 0.3 is 0 Å². The van der Waals surface area contributed by atoms with Gasteiger partial charge in [-0.25, -0.2) is 8.42 Å². The number of amides is 1. The van der Waals surface area contributed by atoms with Gasteiger partial charge < -0.3 is 10.1 Å². The van der Waals surface area contributed by atoms with Gasteiger partial charge in [-0.1, -0.05) is 46.6 Å². The molecule has 0 bridgehead atoms. The summed E-state index contributed by atoms with van der Waals surface area (Å²) < 4.78 is 32.9. The fourth-order valence-electron chi connectivity index (χ4n) is 2.61. The number of sulfonamides is 1. The highest BCUT2D eigenvalue weighted by atomic mass is 79.9. The van der Waals surface area contributed by atoms with Crippen LogP contribution in [0.1, 0.15) is 25.5 Å². The Morgan fingerprint density at radius 3 is 2.43 bits per heavy atom. The number of rotatable bonds is 8. The summed E-state index contributed by atoms with van der Waals surface area (Å²) >= 11 is 9.41. The fourth-order valence-corrected chi connectivity index (χ4v) is 4.62. The van der Waals surface area contributed by atoms with E-state index in [-0.39, 0.29) is 35.0 Å². The molecule has 0 aliphatic heterocycles. The zero-order valence-corrected chi connectivity index (χ0v) is 18.9. The van der Waals surface area contributed by atoms with E-state index >= 15 is 0 Å². The molecule has 6 nitrogen and oxygen atoms in total. The van der Waals surface area contributed by atoms with E-state index in [4.69, 9.17) is 16.3 Å². The number of hydrogen-bond acceptors (Lipinski definition) is 4. The van der Waals surface area contributed by atoms with Crippen LogP contribution in [0, 0.1) is 0 Å². The molecular formula is C19H22BrClN2O4S. The van der Waals surface area contributed by atoms with E-state index in [0.29, 0.717) is 5.75 Å². The van der Waals surface area contributed by atoms with Crippen molar-refractivity contribution in [3.63, 3.8) is 0 Å². The summed E-state index contributed by atoms with van der Waals surface area (Å²) in [6, 6.07) is 11.5. The molecule has 2 rings (SSSR count). The molecular weight excluding hydrogens is 468 g/mol. The summed E-state index contributed by atoms with van der Waals surface area (Å²) in [6.45, 7) is 3.37. The molecule has 0 aliphatic rings. The van der Waals surface area contributed by atoms with E-state index in [1.165, 1.54) is 25.3 Å². The fraction of sp³-hybridized carbons (Fsp3) is 0.316. The largest absolute Gasteiger partial charge is 0.495 e. The maximum absolute atomic E-state index is 12.9. The third kappa shape index (κ3) is 5.47. The summed E-state index contributed by atoms with van der Waals surface area (Å²) in [5.74, 6) is -0.00909. The van der Waals surface area contributed by atoms with Crippen LogP contribution in [-0.4, -0.2) is 38.8 Å². The Morgan fingerprint density at radius 1 is 1.25 bits per heavy atom. The highest BCUT2D eigenvalue weighted by Gasteiger charge is 2.26. The molecule has 0 saturated heterocycles. The first-order chi connectivity index (χ1) is 13.2. The number of likely N-dealkylation sites (N-methyl/N-ethyl adjacent to an activating group) is 1. The van der Waals surface area contributed by atoms with E-state index in [2.05, 4.69) is 21.2 Å². The number of carbonyl (C=O) groups excluding carboxylic acids is 1. The lowest BCUT2D eigenvalue weighted by molar-refractivity contribution is -0.121. The molecule has 0 radical (unpaired) electrons. The average Bonchev–Trinajstić information content (AvgIpc) is 2.66. The average molecular weight is 490 g/mol. The van der Waals surface area contributed by atoms with Crippen molar-refractivity contribution < 1.29 is 17.9 Å². The standard InChI is InChI=1S/C19H22BrClN2O4S/c1-4-23(28(25,26)16-9-10-18(27-3)17(21)11-16)12-19(24)22-13(2)14-5-7-15(20)8-6-14/h5-11,13H,4,12H2,1-3H3,(H,22,24)/t13-/m0/s1. The number of nitrogens with one attached hydrogen (secondary N) is 1. The van der Waals surface area contributed by atoms with Crippen molar-refractivity contribution in [2.75, 3.05) is 20.2 Å². The minimum Gasteiger partial charge on any atom is -0.495 e. The molecule has 28 heavy (non-hydrogen) atoms. The van der Waals surface area contributed by atoms with Crippen molar-refractivity contribution in [1.82, 2.24) is 9.62 Å². The number of methoxy groups -OCH3 is 1. The van der Waals surface area contributed by atoms with E-state index in [1.54, 1.807) is 6.92 Å². The molecule has 9 heteroatoms. The molecule has 2 aromatic carbocycles. The maximum Gasteiger partial charge on any atom is 0.243 e. The zero-order valence-electron chi connectivity index (χ0n) is 15.8. The van der Waals surface area contributed by atoms with Crippen LogP contribution in [0.5, 0.6) is 5.75 Å². The van der Waals surface area contributed by atoms with Crippen molar-refractivity contribution in [2.45, 2.75) is 24.8 Å². The normalized spacial score (nSPS) is 12.6. The predicted octanol–water partition coefficient (Wildman–Crippen LogP) is 4.00. The Balaban J connectivity index is 2.12. The van der Waals surface area contributed by atoms with E-state index in [1.807, 2.05) is 31.2 Å². The SMILES string of the molecule is CCN(CC(=O)N[C@@H](C)c1ccc(Br)cc1)S(=O)(=O)c1ccc(OC)c(Cl)c1. The molecule has 1 N–H and O–H groups in total. The molecule has 0 unspecified atom stereocenters. The third-order valence-corrected chi connectivity index (χ3v) is 6.92. The number of ether oxygens (including phenoxy) is 1. The number of halogens is 2. The van der Waals surface area contributed by atoms with Gasteiger partial charge in [0.2, 0.25) is 15.9 Å². The summed E-state index contributed by atoms with van der Waals surface area (Å²) in [7, 11) is -2.42. The lowest BCUT2D eigenvalue weighted by Gasteiger charge is -2.22. The van der Waals surface area contributed by atoms with E-state index in [9.17, 15) is 13.2 Å². The molecule has 1 amide bonds. The number of carbonyl (C=O) groups is 1. The third-order valence-electron chi connectivity index (χ3n) is 4.18. The molecule has 152 valence electrons. The van der Waals surface area contributed by atoms with Gasteiger partial charge in [0.1, 0.15) is 5.75 Å². The first-order valence-electron chi connectivity index (χ1n) is 8.57. The van der Waals surface area contributed by atoms with Crippen LogP contribution in [0.15, 0.2) is 51.8 Å². The molecule has 0 aromatic heterocycles. The Hall–Kier alpha value is -1.61. The van der Waals surface area contributed by atoms with Gasteiger partial charge in [-0.05, 0) is 42.8 Å². The quantitative estimate of drug-likeness (QED) is 0.608. The monoisotopic (exact) mass is 488 g/mol. The molecule has 1 atom stereocenters. The maximum atomic E-state index is 12.9. The van der Waals surface area contributed by atoms with Crippen molar-refractivity contribution in [3.05, 3.63) is 57.5 Å². The van der Waals surface area contributed by atoms with Crippen molar-refractivity contribution in [2.24, 2.45) is 0 Å². The van der Waals surface area contributed by atoms with E-state index < -0.39 is 10.0 Å². The minimum absolute atomic E-state index is 0.00825. The van der Waals surface area contributed by atoms with Crippen molar-refractivity contribution >= 4 is 43.5 Å². The molecule has 0 heterocycles. The second-order valence-electron chi connectivity index (χ2n) is 6.07. The Morgan fingerprint density at radius 2 is 1.89 bits per heavy atom. The van der Waals surface area contributed by atoms with Crippen molar-refractivity contribution in [3.8, 4) is 5.75 Å². The van der Waals surface area contributed by atoms with Gasteiger partial charge in [0.25, 0.3) is 0 Å². The second kappa shape index (κ2) is 9.73. The van der Waals surface area contributed by atoms with Crippen molar-refractivity contribution in [1.29, 1.82) is 0 Å². The van der Waals surface area contributed by atoms with Crippen LogP contribution >= 0.6 is 27.5 Å². The number of hydrogen-bond donors (Lipinski definition) is 1. The van der Waals surface area contributed by atoms with Gasteiger partial charge in [-0.2, -0.15) is 4.31 Å². The van der Waals surface area contributed by atoms with E-state index in [0.717, 1.165) is 14.3 Å². The molecule has 0 fully saturated rings. The second-order valence-corrected chi connectivity index (χ2v) is 9.33. The first-order valence-corrected chi connectivity index (χ1v) is 11.2. The van der Waals surface area contributed by atoms with Gasteiger partial charge in [0.05, 0.1) is 29.6 Å². The summed E-state index contributed by atoms with van der Waals surface area (Å²) in [6.07, 6.45) is 0. The van der Waals surface area contributed by atoms with Crippen LogP contribution < -0.4 is 10.1 Å². The van der Waals surface area contributed by atoms with Crippen LogP contribution in [-0.2, 0) is 14.8 Å². The van der Waals surface area contributed by atoms with Gasteiger partial charge in [0, 0.05) is 11.0 Å². The summed E-state index contributed by atoms with van der Waals surface area (Å²) in [5.41, 5.74) is 0.921. The molecule has 0 spiro atoms. The van der Waals surface area contributed by atoms with Crippen LogP contribution in [0.2, 0.25) is 5.02 Å². The highest BCUT2D eigenvalue weighted by molar-refractivity contribution is 9.10. The lowest BCUT2D eigenvalue weighted by Crippen LogP contribution is -2.41. The lowest BCUT2D eigenvalue weighted by atomic mass is 10.1. The van der Waals surface area contributed by atoms with Crippen LogP contribution in [0.3, 0.4) is 0 Å². The van der Waals surface area contributed by atoms with Gasteiger partial charge in [0.15, 0.2) is 0 Å². The Kier molecular flexibility index (Phi) is 7.88. The number of nitrogens with zero attached hydrogens (tertiary/aromatic N) is 1.